The number of hydrogen-bond donors (Lipinski definition) is 1. The van der Waals surface area contributed by atoms with Gasteiger partial charge in [-0.25, -0.2) is 9.59 Å². The molecule has 1 aliphatic carbocycles. The van der Waals surface area contributed by atoms with E-state index in [0.717, 1.165) is 35.9 Å². The summed E-state index contributed by atoms with van der Waals surface area (Å²) in [6, 6.07) is 14.5. The van der Waals surface area contributed by atoms with Crippen molar-refractivity contribution in [3.05, 3.63) is 53.6 Å². The normalized spacial score (nSPS) is 23.4. The first-order chi connectivity index (χ1) is 14.2. The maximum atomic E-state index is 12.9. The molecular formula is C24H26N2O3. The highest BCUT2D eigenvalue weighted by atomic mass is 16.5. The standard InChI is InChI=1S/C24H26N2O3/c1-29-23(27)22-20(18-9-8-16-4-2-3-5-17(16)12-18)13-19-10-11-21(22)26(19)24(28)25-14-15-6-7-15/h2-5,8-9,12,15,19,21H,6-7,10-11,13-14H2,1H3,(H,25,28)/t19-,21+/m0/s1. The number of methoxy groups -OCH3 is 1. The molecule has 2 amide bonds. The van der Waals surface area contributed by atoms with Gasteiger partial charge in [0, 0.05) is 12.6 Å². The van der Waals surface area contributed by atoms with Gasteiger partial charge in [-0.15, -0.1) is 0 Å². The Bertz CT molecular complexity index is 1010. The lowest BCUT2D eigenvalue weighted by molar-refractivity contribution is -0.136. The van der Waals surface area contributed by atoms with Crippen LogP contribution in [-0.4, -0.2) is 42.6 Å². The molecule has 0 spiro atoms. The molecule has 3 aliphatic rings. The molecular weight excluding hydrogens is 364 g/mol. The Hall–Kier alpha value is -2.82. The van der Waals surface area contributed by atoms with E-state index >= 15 is 0 Å². The molecule has 2 aromatic carbocycles. The first kappa shape index (κ1) is 18.2. The van der Waals surface area contributed by atoms with E-state index in [2.05, 4.69) is 35.6 Å². The predicted octanol–water partition coefficient (Wildman–Crippen LogP) is 4.12. The van der Waals surface area contributed by atoms with E-state index in [9.17, 15) is 9.59 Å². The lowest BCUT2D eigenvalue weighted by Crippen LogP contribution is -2.51. The van der Waals surface area contributed by atoms with Gasteiger partial charge in [0.25, 0.3) is 0 Å². The zero-order chi connectivity index (χ0) is 20.0. The Morgan fingerprint density at radius 3 is 2.62 bits per heavy atom. The molecule has 5 nitrogen and oxygen atoms in total. The van der Waals surface area contributed by atoms with Crippen LogP contribution in [0, 0.1) is 5.92 Å². The number of carbonyl (C=O) groups excluding carboxylic acids is 2. The van der Waals surface area contributed by atoms with Crippen molar-refractivity contribution in [3.8, 4) is 0 Å². The number of carbonyl (C=O) groups is 2. The van der Waals surface area contributed by atoms with Crippen molar-refractivity contribution in [2.75, 3.05) is 13.7 Å². The monoisotopic (exact) mass is 390 g/mol. The number of amides is 2. The van der Waals surface area contributed by atoms with Crippen LogP contribution in [0.3, 0.4) is 0 Å². The molecule has 2 aliphatic heterocycles. The van der Waals surface area contributed by atoms with Crippen LogP contribution in [0.2, 0.25) is 0 Å². The van der Waals surface area contributed by atoms with Gasteiger partial charge in [-0.1, -0.05) is 36.4 Å². The topological polar surface area (TPSA) is 58.6 Å². The highest BCUT2D eigenvalue weighted by molar-refractivity contribution is 6.02. The summed E-state index contributed by atoms with van der Waals surface area (Å²) in [5.41, 5.74) is 2.73. The van der Waals surface area contributed by atoms with Crippen molar-refractivity contribution in [1.29, 1.82) is 0 Å². The Morgan fingerprint density at radius 1 is 1.07 bits per heavy atom. The number of ether oxygens (including phenoxy) is 1. The molecule has 2 bridgehead atoms. The fourth-order valence-electron chi connectivity index (χ4n) is 4.89. The average molecular weight is 390 g/mol. The van der Waals surface area contributed by atoms with Crippen molar-refractivity contribution in [1.82, 2.24) is 10.2 Å². The molecule has 0 unspecified atom stereocenters. The minimum absolute atomic E-state index is 0.0386. The number of nitrogens with zero attached hydrogens (tertiary/aromatic N) is 1. The third kappa shape index (κ3) is 3.28. The van der Waals surface area contributed by atoms with Gasteiger partial charge in [-0.3, -0.25) is 0 Å². The summed E-state index contributed by atoms with van der Waals surface area (Å²) in [6.45, 7) is 0.740. The van der Waals surface area contributed by atoms with Crippen molar-refractivity contribution in [3.63, 3.8) is 0 Å². The third-order valence-corrected chi connectivity index (χ3v) is 6.58. The highest BCUT2D eigenvalue weighted by Crippen LogP contribution is 2.44. The summed E-state index contributed by atoms with van der Waals surface area (Å²) < 4.78 is 5.16. The van der Waals surface area contributed by atoms with Crippen LogP contribution < -0.4 is 5.32 Å². The van der Waals surface area contributed by atoms with Gasteiger partial charge < -0.3 is 15.0 Å². The summed E-state index contributed by atoms with van der Waals surface area (Å²) in [4.78, 5) is 27.6. The minimum atomic E-state index is -0.321. The molecule has 1 saturated heterocycles. The molecule has 1 saturated carbocycles. The fraction of sp³-hybridized carbons (Fsp3) is 0.417. The van der Waals surface area contributed by atoms with Crippen LogP contribution >= 0.6 is 0 Å². The second-order valence-electron chi connectivity index (χ2n) is 8.43. The van der Waals surface area contributed by atoms with E-state index in [-0.39, 0.29) is 24.1 Å². The Labute approximate surface area is 170 Å². The van der Waals surface area contributed by atoms with Crippen molar-refractivity contribution in [2.45, 2.75) is 44.2 Å². The molecule has 150 valence electrons. The number of benzene rings is 2. The molecule has 0 radical (unpaired) electrons. The maximum Gasteiger partial charge on any atom is 0.336 e. The number of rotatable bonds is 4. The van der Waals surface area contributed by atoms with Crippen LogP contribution in [0.4, 0.5) is 4.79 Å². The van der Waals surface area contributed by atoms with Crippen LogP contribution in [0.5, 0.6) is 0 Å². The van der Waals surface area contributed by atoms with Crippen molar-refractivity contribution in [2.24, 2.45) is 5.92 Å². The Balaban J connectivity index is 1.52. The van der Waals surface area contributed by atoms with Gasteiger partial charge >= 0.3 is 12.0 Å². The summed E-state index contributed by atoms with van der Waals surface area (Å²) in [6.07, 6.45) is 4.82. The summed E-state index contributed by atoms with van der Waals surface area (Å²) in [5.74, 6) is 0.309. The number of nitrogens with one attached hydrogen (secondary N) is 1. The molecule has 2 heterocycles. The van der Waals surface area contributed by atoms with E-state index in [1.807, 2.05) is 17.0 Å². The molecule has 2 fully saturated rings. The summed E-state index contributed by atoms with van der Waals surface area (Å²) in [7, 11) is 1.42. The second-order valence-corrected chi connectivity index (χ2v) is 8.43. The third-order valence-electron chi connectivity index (χ3n) is 6.58. The van der Waals surface area contributed by atoms with E-state index in [4.69, 9.17) is 4.74 Å². The zero-order valence-electron chi connectivity index (χ0n) is 16.7. The number of hydrogen-bond acceptors (Lipinski definition) is 3. The van der Waals surface area contributed by atoms with Gasteiger partial charge in [0.1, 0.15) is 0 Å². The van der Waals surface area contributed by atoms with E-state index in [1.165, 1.54) is 25.3 Å². The Kier molecular flexibility index (Phi) is 4.53. The summed E-state index contributed by atoms with van der Waals surface area (Å²) in [5, 5.41) is 5.41. The highest BCUT2D eigenvalue weighted by Gasteiger charge is 2.46. The second kappa shape index (κ2) is 7.21. The van der Waals surface area contributed by atoms with Crippen LogP contribution in [0.25, 0.3) is 16.3 Å². The van der Waals surface area contributed by atoms with Gasteiger partial charge in [-0.05, 0) is 66.0 Å². The maximum absolute atomic E-state index is 12.9. The number of urea groups is 1. The van der Waals surface area contributed by atoms with Crippen molar-refractivity contribution >= 4 is 28.3 Å². The number of fused-ring (bicyclic) bond motifs is 3. The van der Waals surface area contributed by atoms with E-state index in [0.29, 0.717) is 17.9 Å². The van der Waals surface area contributed by atoms with Gasteiger partial charge in [0.15, 0.2) is 0 Å². The first-order valence-corrected chi connectivity index (χ1v) is 10.5. The zero-order valence-corrected chi connectivity index (χ0v) is 16.7. The van der Waals surface area contributed by atoms with Crippen LogP contribution in [0.15, 0.2) is 48.0 Å². The molecule has 5 rings (SSSR count). The van der Waals surface area contributed by atoms with Crippen molar-refractivity contribution < 1.29 is 14.3 Å². The van der Waals surface area contributed by atoms with E-state index in [1.54, 1.807) is 0 Å². The molecule has 1 N–H and O–H groups in total. The predicted molar refractivity (Wildman–Crippen MR) is 112 cm³/mol. The lowest BCUT2D eigenvalue weighted by atomic mass is 9.87. The SMILES string of the molecule is COC(=O)C1=C(c2ccc3ccccc3c2)C[C@@H]2CC[C@H]1N2C(=O)NCC1CC1. The van der Waals surface area contributed by atoms with Crippen LogP contribution in [0.1, 0.15) is 37.7 Å². The van der Waals surface area contributed by atoms with Crippen LogP contribution in [-0.2, 0) is 9.53 Å². The lowest BCUT2D eigenvalue weighted by Gasteiger charge is -2.37. The molecule has 29 heavy (non-hydrogen) atoms. The molecule has 5 heteroatoms. The summed E-state index contributed by atoms with van der Waals surface area (Å²) >= 11 is 0. The Morgan fingerprint density at radius 2 is 1.86 bits per heavy atom. The first-order valence-electron chi connectivity index (χ1n) is 10.5. The molecule has 2 aromatic rings. The quantitative estimate of drug-likeness (QED) is 0.799. The van der Waals surface area contributed by atoms with E-state index < -0.39 is 0 Å². The van der Waals surface area contributed by atoms with Gasteiger partial charge in [0.2, 0.25) is 0 Å². The number of esters is 1. The van der Waals surface area contributed by atoms with Gasteiger partial charge in [0.05, 0.1) is 18.7 Å². The average Bonchev–Trinajstić information content (AvgIpc) is 3.53. The van der Waals surface area contributed by atoms with Gasteiger partial charge in [-0.2, -0.15) is 0 Å². The largest absolute Gasteiger partial charge is 0.466 e. The fourth-order valence-corrected chi connectivity index (χ4v) is 4.89. The molecule has 2 atom stereocenters. The minimum Gasteiger partial charge on any atom is -0.466 e. The smallest absolute Gasteiger partial charge is 0.336 e. The molecule has 0 aromatic heterocycles.